The monoisotopic (exact) mass is 239 g/mol. The van der Waals surface area contributed by atoms with Crippen molar-refractivity contribution in [2.75, 3.05) is 6.54 Å². The molecule has 100 valence electrons. The third-order valence-electron chi connectivity index (χ3n) is 2.11. The lowest BCUT2D eigenvalue weighted by molar-refractivity contribution is -0.120. The quantitative estimate of drug-likeness (QED) is 0.555. The lowest BCUT2D eigenvalue weighted by Gasteiger charge is -2.04. The van der Waals surface area contributed by atoms with Gasteiger partial charge in [-0.2, -0.15) is 0 Å². The third-order valence-corrected chi connectivity index (χ3v) is 2.11. The molecule has 1 N–H and O–H groups in total. The highest BCUT2D eigenvalue weighted by molar-refractivity contribution is 5.76. The Hall–Kier alpha value is -0.970. The van der Waals surface area contributed by atoms with Gasteiger partial charge in [-0.1, -0.05) is 53.4 Å². The largest absolute Gasteiger partial charge is 0.345 e. The zero-order chi connectivity index (χ0) is 13.5. The van der Waals surface area contributed by atoms with Crippen LogP contribution in [0.25, 0.3) is 0 Å². The molecule has 0 aromatic carbocycles. The van der Waals surface area contributed by atoms with Gasteiger partial charge in [0.05, 0.1) is 6.54 Å². The van der Waals surface area contributed by atoms with E-state index in [2.05, 4.69) is 31.0 Å². The van der Waals surface area contributed by atoms with E-state index in [0.717, 1.165) is 25.2 Å². The topological polar surface area (TPSA) is 29.1 Å². The van der Waals surface area contributed by atoms with Crippen LogP contribution in [0.5, 0.6) is 0 Å². The maximum atomic E-state index is 11.3. The van der Waals surface area contributed by atoms with Crippen LogP contribution < -0.4 is 5.32 Å². The standard InChI is InChI=1S/C13H23NO.C2H6/c1-4-5-8-11-14-13(15)10-7-6-9-12(2)3;1-2/h12H,4,6-7,9-11H2,1-3H3,(H,14,15);1-2H3. The second-order valence-corrected chi connectivity index (χ2v) is 4.12. The fourth-order valence-corrected chi connectivity index (χ4v) is 1.26. The molecule has 0 spiro atoms. The summed E-state index contributed by atoms with van der Waals surface area (Å²) in [4.78, 5) is 11.3. The Morgan fingerprint density at radius 1 is 1.18 bits per heavy atom. The Morgan fingerprint density at radius 2 is 1.82 bits per heavy atom. The van der Waals surface area contributed by atoms with E-state index in [1.807, 2.05) is 20.8 Å². The summed E-state index contributed by atoms with van der Waals surface area (Å²) in [5.41, 5.74) is 0. The minimum Gasteiger partial charge on any atom is -0.345 e. The van der Waals surface area contributed by atoms with Gasteiger partial charge >= 0.3 is 0 Å². The molecule has 0 aromatic heterocycles. The first-order valence-electron chi connectivity index (χ1n) is 6.89. The third kappa shape index (κ3) is 17.6. The molecule has 0 saturated carbocycles. The Balaban J connectivity index is 0. The predicted molar refractivity (Wildman–Crippen MR) is 75.7 cm³/mol. The van der Waals surface area contributed by atoms with Crippen LogP contribution in [-0.4, -0.2) is 12.5 Å². The molecule has 0 aliphatic carbocycles. The summed E-state index contributed by atoms with van der Waals surface area (Å²) in [6, 6.07) is 0. The van der Waals surface area contributed by atoms with E-state index in [1.165, 1.54) is 6.42 Å². The van der Waals surface area contributed by atoms with E-state index < -0.39 is 0 Å². The maximum absolute atomic E-state index is 11.3. The molecule has 0 rings (SSSR count). The minimum atomic E-state index is 0.129. The number of hydrogen-bond donors (Lipinski definition) is 1. The summed E-state index contributed by atoms with van der Waals surface area (Å²) in [7, 11) is 0. The van der Waals surface area contributed by atoms with Crippen molar-refractivity contribution >= 4 is 5.91 Å². The van der Waals surface area contributed by atoms with Crippen LogP contribution in [0.3, 0.4) is 0 Å². The zero-order valence-electron chi connectivity index (χ0n) is 12.2. The zero-order valence-corrected chi connectivity index (χ0v) is 12.2. The van der Waals surface area contributed by atoms with E-state index >= 15 is 0 Å². The van der Waals surface area contributed by atoms with Gasteiger partial charge in [0.15, 0.2) is 0 Å². The number of carbonyl (C=O) groups is 1. The van der Waals surface area contributed by atoms with E-state index in [4.69, 9.17) is 0 Å². The van der Waals surface area contributed by atoms with E-state index in [0.29, 0.717) is 13.0 Å². The van der Waals surface area contributed by atoms with Crippen molar-refractivity contribution < 1.29 is 4.79 Å². The summed E-state index contributed by atoms with van der Waals surface area (Å²) < 4.78 is 0. The maximum Gasteiger partial charge on any atom is 0.220 e. The van der Waals surface area contributed by atoms with Crippen LogP contribution in [0, 0.1) is 17.8 Å². The van der Waals surface area contributed by atoms with Gasteiger partial charge in [0, 0.05) is 12.8 Å². The van der Waals surface area contributed by atoms with Crippen LogP contribution in [0.4, 0.5) is 0 Å². The van der Waals surface area contributed by atoms with E-state index in [1.54, 1.807) is 0 Å². The Bertz CT molecular complexity index is 223. The summed E-state index contributed by atoms with van der Waals surface area (Å²) in [6.07, 6.45) is 4.84. The number of rotatable bonds is 6. The van der Waals surface area contributed by atoms with Crippen molar-refractivity contribution in [2.45, 2.75) is 66.7 Å². The Morgan fingerprint density at radius 3 is 2.35 bits per heavy atom. The molecule has 1 amide bonds. The van der Waals surface area contributed by atoms with Crippen LogP contribution in [0.15, 0.2) is 0 Å². The lowest BCUT2D eigenvalue weighted by atomic mass is 10.1. The smallest absolute Gasteiger partial charge is 0.220 e. The highest BCUT2D eigenvalue weighted by Crippen LogP contribution is 2.07. The molecule has 17 heavy (non-hydrogen) atoms. The molecule has 0 aliphatic heterocycles. The molecule has 2 heteroatoms. The van der Waals surface area contributed by atoms with E-state index in [9.17, 15) is 4.79 Å². The molecule has 2 nitrogen and oxygen atoms in total. The van der Waals surface area contributed by atoms with Crippen molar-refractivity contribution in [3.8, 4) is 11.8 Å². The number of unbranched alkanes of at least 4 members (excludes halogenated alkanes) is 1. The fraction of sp³-hybridized carbons (Fsp3) is 0.800. The average Bonchev–Trinajstić information content (AvgIpc) is 2.33. The predicted octanol–water partition coefficient (Wildman–Crippen LogP) is 3.76. The van der Waals surface area contributed by atoms with Crippen molar-refractivity contribution in [1.82, 2.24) is 5.32 Å². The Labute approximate surface area is 108 Å². The lowest BCUT2D eigenvalue weighted by Crippen LogP contribution is -2.23. The van der Waals surface area contributed by atoms with Gasteiger partial charge in [0.1, 0.15) is 0 Å². The van der Waals surface area contributed by atoms with Gasteiger partial charge in [0.25, 0.3) is 0 Å². The summed E-state index contributed by atoms with van der Waals surface area (Å²) in [6.45, 7) is 10.9. The van der Waals surface area contributed by atoms with Gasteiger partial charge in [-0.3, -0.25) is 4.79 Å². The Kier molecular flexibility index (Phi) is 16.3. The molecular weight excluding hydrogens is 210 g/mol. The SMILES string of the molecule is CC.CCC#CCNC(=O)CCCCC(C)C. The van der Waals surface area contributed by atoms with Crippen LogP contribution in [0.2, 0.25) is 0 Å². The number of carbonyl (C=O) groups excluding carboxylic acids is 1. The van der Waals surface area contributed by atoms with Crippen molar-refractivity contribution in [1.29, 1.82) is 0 Å². The molecule has 0 aromatic rings. The summed E-state index contributed by atoms with van der Waals surface area (Å²) in [5, 5.41) is 2.79. The molecule has 0 atom stereocenters. The van der Waals surface area contributed by atoms with Crippen LogP contribution >= 0.6 is 0 Å². The minimum absolute atomic E-state index is 0.129. The van der Waals surface area contributed by atoms with Gasteiger partial charge < -0.3 is 5.32 Å². The first-order valence-corrected chi connectivity index (χ1v) is 6.89. The van der Waals surface area contributed by atoms with Gasteiger partial charge in [-0.25, -0.2) is 0 Å². The van der Waals surface area contributed by atoms with E-state index in [-0.39, 0.29) is 5.91 Å². The van der Waals surface area contributed by atoms with Gasteiger partial charge in [0.2, 0.25) is 5.91 Å². The highest BCUT2D eigenvalue weighted by Gasteiger charge is 2.00. The van der Waals surface area contributed by atoms with Crippen LogP contribution in [-0.2, 0) is 4.79 Å². The van der Waals surface area contributed by atoms with Crippen molar-refractivity contribution in [3.63, 3.8) is 0 Å². The fourth-order valence-electron chi connectivity index (χ4n) is 1.26. The molecule has 0 fully saturated rings. The van der Waals surface area contributed by atoms with Crippen molar-refractivity contribution in [3.05, 3.63) is 0 Å². The number of amides is 1. The molecular formula is C15H29NO. The second kappa shape index (κ2) is 15.0. The second-order valence-electron chi connectivity index (χ2n) is 4.12. The van der Waals surface area contributed by atoms with Crippen molar-refractivity contribution in [2.24, 2.45) is 5.92 Å². The molecule has 0 aliphatic rings. The molecule has 0 unspecified atom stereocenters. The number of nitrogens with one attached hydrogen (secondary N) is 1. The summed E-state index contributed by atoms with van der Waals surface area (Å²) >= 11 is 0. The average molecular weight is 239 g/mol. The molecule has 0 heterocycles. The molecule has 0 bridgehead atoms. The van der Waals surface area contributed by atoms with Crippen LogP contribution in [0.1, 0.15) is 66.7 Å². The molecule has 0 saturated heterocycles. The molecule has 0 radical (unpaired) electrons. The normalized spacial score (nSPS) is 8.82. The van der Waals surface area contributed by atoms with Gasteiger partial charge in [-0.15, -0.1) is 5.92 Å². The summed E-state index contributed by atoms with van der Waals surface area (Å²) in [5.74, 6) is 6.68. The highest BCUT2D eigenvalue weighted by atomic mass is 16.1. The number of hydrogen-bond acceptors (Lipinski definition) is 1. The first kappa shape index (κ1) is 18.4. The first-order chi connectivity index (χ1) is 8.16. The van der Waals surface area contributed by atoms with Gasteiger partial charge in [-0.05, 0) is 12.3 Å².